The lowest BCUT2D eigenvalue weighted by Crippen LogP contribution is -2.30. The maximum Gasteiger partial charge on any atom is 0.223 e. The van der Waals surface area contributed by atoms with Crippen LogP contribution in [0.15, 0.2) is 36.9 Å². The molecule has 0 aliphatic carbocycles. The number of hydrogen-bond acceptors (Lipinski definition) is 2. The lowest BCUT2D eigenvalue weighted by atomic mass is 10.1. The van der Waals surface area contributed by atoms with Crippen LogP contribution in [0.1, 0.15) is 18.4 Å². The number of carbonyl (C=O) groups is 1. The Labute approximate surface area is 102 Å². The highest BCUT2D eigenvalue weighted by Gasteiger charge is 2.28. The smallest absolute Gasteiger partial charge is 0.223 e. The highest BCUT2D eigenvalue weighted by molar-refractivity contribution is 5.79. The van der Waals surface area contributed by atoms with Crippen LogP contribution < -0.4 is 4.74 Å². The summed E-state index contributed by atoms with van der Waals surface area (Å²) in [6.45, 7) is 4.42. The molecule has 1 fully saturated rings. The second-order valence-corrected chi connectivity index (χ2v) is 4.21. The van der Waals surface area contributed by atoms with E-state index in [0.717, 1.165) is 17.7 Å². The maximum absolute atomic E-state index is 11.7. The summed E-state index contributed by atoms with van der Waals surface area (Å²) in [5.74, 6) is 1.03. The minimum Gasteiger partial charge on any atom is -0.497 e. The van der Waals surface area contributed by atoms with Gasteiger partial charge in [0.1, 0.15) is 5.75 Å². The SMILES string of the molecule is C=C[C@@H]1CCC(=O)N1Cc1cccc(OC)c1. The molecule has 3 heteroatoms. The molecule has 0 aromatic heterocycles. The van der Waals surface area contributed by atoms with E-state index in [1.165, 1.54) is 0 Å². The zero-order valence-corrected chi connectivity index (χ0v) is 10.1. The molecule has 1 atom stereocenters. The molecule has 90 valence electrons. The fraction of sp³-hybridized carbons (Fsp3) is 0.357. The van der Waals surface area contributed by atoms with E-state index in [0.29, 0.717) is 13.0 Å². The first kappa shape index (κ1) is 11.7. The average molecular weight is 231 g/mol. The molecular formula is C14H17NO2. The van der Waals surface area contributed by atoms with Crippen molar-refractivity contribution in [3.05, 3.63) is 42.5 Å². The third-order valence-corrected chi connectivity index (χ3v) is 3.13. The second-order valence-electron chi connectivity index (χ2n) is 4.21. The largest absolute Gasteiger partial charge is 0.497 e. The highest BCUT2D eigenvalue weighted by Crippen LogP contribution is 2.23. The molecule has 3 nitrogen and oxygen atoms in total. The molecule has 1 aliphatic heterocycles. The summed E-state index contributed by atoms with van der Waals surface area (Å²) >= 11 is 0. The number of carbonyl (C=O) groups excluding carboxylic acids is 1. The van der Waals surface area contributed by atoms with E-state index in [4.69, 9.17) is 4.74 Å². The van der Waals surface area contributed by atoms with Gasteiger partial charge < -0.3 is 9.64 Å². The quantitative estimate of drug-likeness (QED) is 0.744. The fourth-order valence-electron chi connectivity index (χ4n) is 2.17. The van der Waals surface area contributed by atoms with E-state index < -0.39 is 0 Å². The predicted molar refractivity (Wildman–Crippen MR) is 66.8 cm³/mol. The second kappa shape index (κ2) is 5.04. The summed E-state index contributed by atoms with van der Waals surface area (Å²) in [6, 6.07) is 7.99. The van der Waals surface area contributed by atoms with Crippen LogP contribution in [-0.4, -0.2) is 24.0 Å². The van der Waals surface area contributed by atoms with Gasteiger partial charge in [0.05, 0.1) is 13.2 Å². The molecule has 1 aromatic carbocycles. The van der Waals surface area contributed by atoms with Crippen LogP contribution in [0.2, 0.25) is 0 Å². The zero-order valence-electron chi connectivity index (χ0n) is 10.1. The Morgan fingerprint density at radius 2 is 2.41 bits per heavy atom. The molecule has 1 aliphatic rings. The van der Waals surface area contributed by atoms with Crippen LogP contribution in [0.4, 0.5) is 0 Å². The average Bonchev–Trinajstić information content (AvgIpc) is 2.71. The molecule has 1 aromatic rings. The lowest BCUT2D eigenvalue weighted by molar-refractivity contribution is -0.129. The van der Waals surface area contributed by atoms with Gasteiger partial charge in [-0.1, -0.05) is 18.2 Å². The van der Waals surface area contributed by atoms with Gasteiger partial charge in [-0.25, -0.2) is 0 Å². The summed E-state index contributed by atoms with van der Waals surface area (Å²) < 4.78 is 5.18. The van der Waals surface area contributed by atoms with Crippen molar-refractivity contribution in [3.8, 4) is 5.75 Å². The third kappa shape index (κ3) is 2.49. The van der Waals surface area contributed by atoms with Gasteiger partial charge in [0.2, 0.25) is 5.91 Å². The van der Waals surface area contributed by atoms with Crippen LogP contribution in [-0.2, 0) is 11.3 Å². The molecule has 17 heavy (non-hydrogen) atoms. The monoisotopic (exact) mass is 231 g/mol. The van der Waals surface area contributed by atoms with E-state index >= 15 is 0 Å². The van der Waals surface area contributed by atoms with E-state index in [1.54, 1.807) is 7.11 Å². The Morgan fingerprint density at radius 3 is 3.12 bits per heavy atom. The first-order valence-corrected chi connectivity index (χ1v) is 5.79. The summed E-state index contributed by atoms with van der Waals surface area (Å²) in [5.41, 5.74) is 1.09. The molecule has 0 saturated carbocycles. The number of rotatable bonds is 4. The number of amides is 1. The van der Waals surface area contributed by atoms with Gasteiger partial charge in [0.25, 0.3) is 0 Å². The molecule has 1 heterocycles. The molecule has 0 radical (unpaired) electrons. The molecule has 2 rings (SSSR count). The van der Waals surface area contributed by atoms with Crippen molar-refractivity contribution < 1.29 is 9.53 Å². The third-order valence-electron chi connectivity index (χ3n) is 3.13. The van der Waals surface area contributed by atoms with Crippen LogP contribution in [0.5, 0.6) is 5.75 Å². The van der Waals surface area contributed by atoms with Crippen molar-refractivity contribution in [2.24, 2.45) is 0 Å². The van der Waals surface area contributed by atoms with Crippen molar-refractivity contribution in [1.29, 1.82) is 0 Å². The van der Waals surface area contributed by atoms with Crippen LogP contribution >= 0.6 is 0 Å². The van der Waals surface area contributed by atoms with Gasteiger partial charge in [-0.3, -0.25) is 4.79 Å². The van der Waals surface area contributed by atoms with E-state index in [9.17, 15) is 4.79 Å². The Hall–Kier alpha value is -1.77. The van der Waals surface area contributed by atoms with Gasteiger partial charge >= 0.3 is 0 Å². The molecule has 1 saturated heterocycles. The summed E-state index contributed by atoms with van der Waals surface area (Å²) in [5, 5.41) is 0. The first-order chi connectivity index (χ1) is 8.24. The summed E-state index contributed by atoms with van der Waals surface area (Å²) in [7, 11) is 1.65. The standard InChI is InChI=1S/C14H17NO2/c1-3-12-7-8-14(16)15(12)10-11-5-4-6-13(9-11)17-2/h3-6,9,12H,1,7-8,10H2,2H3/t12-/m1/s1. The molecule has 0 N–H and O–H groups in total. The van der Waals surface area contributed by atoms with E-state index in [1.807, 2.05) is 35.2 Å². The molecule has 0 spiro atoms. The van der Waals surface area contributed by atoms with Gasteiger partial charge in [-0.05, 0) is 24.1 Å². The number of nitrogens with zero attached hydrogens (tertiary/aromatic N) is 1. The number of methoxy groups -OCH3 is 1. The number of hydrogen-bond donors (Lipinski definition) is 0. The minimum absolute atomic E-state index is 0.175. The maximum atomic E-state index is 11.7. The van der Waals surface area contributed by atoms with Crippen LogP contribution in [0, 0.1) is 0 Å². The molecule has 1 amide bonds. The zero-order chi connectivity index (χ0) is 12.3. The van der Waals surface area contributed by atoms with Gasteiger partial charge in [-0.15, -0.1) is 6.58 Å². The van der Waals surface area contributed by atoms with Crippen molar-refractivity contribution in [2.45, 2.75) is 25.4 Å². The topological polar surface area (TPSA) is 29.5 Å². The molecule has 0 bridgehead atoms. The van der Waals surface area contributed by atoms with Gasteiger partial charge in [0, 0.05) is 13.0 Å². The van der Waals surface area contributed by atoms with Crippen LogP contribution in [0.3, 0.4) is 0 Å². The Balaban J connectivity index is 2.13. The van der Waals surface area contributed by atoms with Crippen LogP contribution in [0.25, 0.3) is 0 Å². The van der Waals surface area contributed by atoms with Gasteiger partial charge in [-0.2, -0.15) is 0 Å². The Morgan fingerprint density at radius 1 is 1.59 bits per heavy atom. The van der Waals surface area contributed by atoms with E-state index in [-0.39, 0.29) is 11.9 Å². The number of benzene rings is 1. The Kier molecular flexibility index (Phi) is 3.47. The van der Waals surface area contributed by atoms with Crippen molar-refractivity contribution in [3.63, 3.8) is 0 Å². The highest BCUT2D eigenvalue weighted by atomic mass is 16.5. The normalized spacial score (nSPS) is 19.5. The first-order valence-electron chi connectivity index (χ1n) is 5.79. The molecular weight excluding hydrogens is 214 g/mol. The predicted octanol–water partition coefficient (Wildman–Crippen LogP) is 2.37. The van der Waals surface area contributed by atoms with Gasteiger partial charge in [0.15, 0.2) is 0 Å². The van der Waals surface area contributed by atoms with Crippen molar-refractivity contribution in [2.75, 3.05) is 7.11 Å². The minimum atomic E-state index is 0.175. The molecule has 0 unspecified atom stereocenters. The van der Waals surface area contributed by atoms with E-state index in [2.05, 4.69) is 6.58 Å². The van der Waals surface area contributed by atoms with Crippen molar-refractivity contribution in [1.82, 2.24) is 4.90 Å². The summed E-state index contributed by atoms with van der Waals surface area (Å²) in [4.78, 5) is 13.6. The fourth-order valence-corrected chi connectivity index (χ4v) is 2.17. The Bertz CT molecular complexity index is 428. The van der Waals surface area contributed by atoms with Crippen molar-refractivity contribution >= 4 is 5.91 Å². The number of ether oxygens (including phenoxy) is 1. The summed E-state index contributed by atoms with van der Waals surface area (Å²) in [6.07, 6.45) is 3.36. The number of likely N-dealkylation sites (tertiary alicyclic amines) is 1. The lowest BCUT2D eigenvalue weighted by Gasteiger charge is -2.22.